The zero-order chi connectivity index (χ0) is 18.7. The van der Waals surface area contributed by atoms with Gasteiger partial charge in [-0.2, -0.15) is 0 Å². The minimum atomic E-state index is -3.69. The highest BCUT2D eigenvalue weighted by Gasteiger charge is 2.33. The Bertz CT molecular complexity index is 882. The largest absolute Gasteiger partial charge is 0.443 e. The van der Waals surface area contributed by atoms with E-state index in [1.54, 1.807) is 24.3 Å². The molecule has 8 heteroatoms. The molecule has 1 aliphatic rings. The summed E-state index contributed by atoms with van der Waals surface area (Å²) in [6.45, 7) is 2.13. The fraction of sp³-hybridized carbons (Fsp3) is 0.278. The van der Waals surface area contributed by atoms with Gasteiger partial charge in [0, 0.05) is 12.2 Å². The number of hydrogen-bond acceptors (Lipinski definition) is 4. The summed E-state index contributed by atoms with van der Waals surface area (Å²) in [4.78, 5) is 13.5. The molecule has 0 bridgehead atoms. The molecule has 0 aliphatic carbocycles. The quantitative estimate of drug-likeness (QED) is 0.839. The van der Waals surface area contributed by atoms with Crippen LogP contribution in [0, 0.1) is 5.82 Å². The van der Waals surface area contributed by atoms with Crippen LogP contribution in [0.25, 0.3) is 0 Å². The maximum Gasteiger partial charge on any atom is 0.414 e. The van der Waals surface area contributed by atoms with Crippen molar-refractivity contribution in [2.24, 2.45) is 0 Å². The third-order valence-electron chi connectivity index (χ3n) is 4.16. The molecule has 2 aromatic carbocycles. The first kappa shape index (κ1) is 18.3. The van der Waals surface area contributed by atoms with Crippen molar-refractivity contribution in [1.82, 2.24) is 4.72 Å². The zero-order valence-corrected chi connectivity index (χ0v) is 15.0. The Labute approximate surface area is 151 Å². The second-order valence-electron chi connectivity index (χ2n) is 5.94. The number of cyclic esters (lactones) is 1. The lowest BCUT2D eigenvalue weighted by molar-refractivity contribution is 0.143. The van der Waals surface area contributed by atoms with Crippen LogP contribution >= 0.6 is 0 Å². The van der Waals surface area contributed by atoms with E-state index >= 15 is 0 Å². The first-order chi connectivity index (χ1) is 12.4. The number of rotatable bonds is 6. The second kappa shape index (κ2) is 7.43. The Balaban J connectivity index is 1.62. The number of nitrogens with one attached hydrogen (secondary N) is 1. The van der Waals surface area contributed by atoms with E-state index in [9.17, 15) is 17.6 Å². The predicted molar refractivity (Wildman–Crippen MR) is 95.0 cm³/mol. The SMILES string of the molecule is CCc1ccc(S(=O)(=O)NCC2CN(c3ccc(F)cc3)C(=O)O2)cc1. The van der Waals surface area contributed by atoms with Gasteiger partial charge < -0.3 is 4.74 Å². The highest BCUT2D eigenvalue weighted by Crippen LogP contribution is 2.22. The molecule has 26 heavy (non-hydrogen) atoms. The van der Waals surface area contributed by atoms with Gasteiger partial charge in [0.05, 0.1) is 11.4 Å². The molecular formula is C18H19FN2O4S. The number of benzene rings is 2. The number of amides is 1. The molecule has 0 aromatic heterocycles. The summed E-state index contributed by atoms with van der Waals surface area (Å²) in [6.07, 6.45) is -0.393. The topological polar surface area (TPSA) is 75.7 Å². The Morgan fingerprint density at radius 2 is 1.81 bits per heavy atom. The average Bonchev–Trinajstić information content (AvgIpc) is 3.02. The van der Waals surface area contributed by atoms with Crippen molar-refractivity contribution in [2.75, 3.05) is 18.0 Å². The molecule has 1 amide bonds. The highest BCUT2D eigenvalue weighted by atomic mass is 32.2. The van der Waals surface area contributed by atoms with Crippen LogP contribution in [0.4, 0.5) is 14.9 Å². The van der Waals surface area contributed by atoms with Crippen LogP contribution in [-0.4, -0.2) is 33.7 Å². The zero-order valence-electron chi connectivity index (χ0n) is 14.2. The summed E-state index contributed by atoms with van der Waals surface area (Å²) < 4.78 is 45.4. The summed E-state index contributed by atoms with van der Waals surface area (Å²) in [7, 11) is -3.69. The van der Waals surface area contributed by atoms with Crippen molar-refractivity contribution in [3.8, 4) is 0 Å². The third-order valence-corrected chi connectivity index (χ3v) is 5.59. The Morgan fingerprint density at radius 1 is 1.15 bits per heavy atom. The molecular weight excluding hydrogens is 359 g/mol. The van der Waals surface area contributed by atoms with Gasteiger partial charge in [0.15, 0.2) is 0 Å². The summed E-state index contributed by atoms with van der Waals surface area (Å²) in [5, 5.41) is 0. The van der Waals surface area contributed by atoms with E-state index in [0.29, 0.717) is 5.69 Å². The van der Waals surface area contributed by atoms with E-state index in [1.165, 1.54) is 29.2 Å². The molecule has 3 rings (SSSR count). The molecule has 1 N–H and O–H groups in total. The van der Waals surface area contributed by atoms with Gasteiger partial charge >= 0.3 is 6.09 Å². The Morgan fingerprint density at radius 3 is 2.42 bits per heavy atom. The predicted octanol–water partition coefficient (Wildman–Crippen LogP) is 2.69. The van der Waals surface area contributed by atoms with Crippen LogP contribution in [0.15, 0.2) is 53.4 Å². The van der Waals surface area contributed by atoms with Crippen LogP contribution in [0.3, 0.4) is 0 Å². The number of aryl methyl sites for hydroxylation is 1. The molecule has 0 saturated carbocycles. The summed E-state index contributed by atoms with van der Waals surface area (Å²) in [5.74, 6) is -0.403. The molecule has 2 aromatic rings. The number of ether oxygens (including phenoxy) is 1. The average molecular weight is 378 g/mol. The van der Waals surface area contributed by atoms with Gasteiger partial charge in [0.2, 0.25) is 10.0 Å². The number of carbonyl (C=O) groups is 1. The lowest BCUT2D eigenvalue weighted by Crippen LogP contribution is -2.34. The molecule has 1 unspecified atom stereocenters. The molecule has 0 spiro atoms. The minimum Gasteiger partial charge on any atom is -0.443 e. The van der Waals surface area contributed by atoms with E-state index in [2.05, 4.69) is 4.72 Å². The number of halogens is 1. The van der Waals surface area contributed by atoms with E-state index < -0.39 is 28.0 Å². The van der Waals surface area contributed by atoms with Gasteiger partial charge in [-0.15, -0.1) is 0 Å². The van der Waals surface area contributed by atoms with Crippen molar-refractivity contribution >= 4 is 21.8 Å². The maximum atomic E-state index is 13.0. The molecule has 0 radical (unpaired) electrons. The van der Waals surface area contributed by atoms with Crippen LogP contribution in [0.5, 0.6) is 0 Å². The monoisotopic (exact) mass is 378 g/mol. The fourth-order valence-electron chi connectivity index (χ4n) is 2.65. The van der Waals surface area contributed by atoms with E-state index in [-0.39, 0.29) is 18.0 Å². The number of anilines is 1. The third kappa shape index (κ3) is 4.03. The molecule has 1 fully saturated rings. The van der Waals surface area contributed by atoms with Gasteiger partial charge in [-0.1, -0.05) is 19.1 Å². The van der Waals surface area contributed by atoms with Crippen molar-refractivity contribution in [3.63, 3.8) is 0 Å². The van der Waals surface area contributed by atoms with Crippen LogP contribution in [0.2, 0.25) is 0 Å². The van der Waals surface area contributed by atoms with Gasteiger partial charge in [-0.05, 0) is 48.4 Å². The Kier molecular flexibility index (Phi) is 5.24. The maximum absolute atomic E-state index is 13.0. The van der Waals surface area contributed by atoms with Gasteiger partial charge in [0.25, 0.3) is 0 Å². The second-order valence-corrected chi connectivity index (χ2v) is 7.71. The summed E-state index contributed by atoms with van der Waals surface area (Å²) >= 11 is 0. The first-order valence-electron chi connectivity index (χ1n) is 8.21. The molecule has 1 heterocycles. The highest BCUT2D eigenvalue weighted by molar-refractivity contribution is 7.89. The van der Waals surface area contributed by atoms with Crippen molar-refractivity contribution in [3.05, 3.63) is 59.9 Å². The number of nitrogens with zero attached hydrogens (tertiary/aromatic N) is 1. The Hall–Kier alpha value is -2.45. The number of carbonyl (C=O) groups excluding carboxylic acids is 1. The molecule has 1 aliphatic heterocycles. The smallest absolute Gasteiger partial charge is 0.414 e. The minimum absolute atomic E-state index is 0.0404. The summed E-state index contributed by atoms with van der Waals surface area (Å²) in [5.41, 5.74) is 1.54. The molecule has 6 nitrogen and oxygen atoms in total. The van der Waals surface area contributed by atoms with Crippen LogP contribution in [0.1, 0.15) is 12.5 Å². The molecule has 1 saturated heterocycles. The van der Waals surface area contributed by atoms with Crippen molar-refractivity contribution < 1.29 is 22.3 Å². The van der Waals surface area contributed by atoms with Crippen LogP contribution < -0.4 is 9.62 Å². The fourth-order valence-corrected chi connectivity index (χ4v) is 3.72. The molecule has 1 atom stereocenters. The molecule has 138 valence electrons. The number of sulfonamides is 1. The van der Waals surface area contributed by atoms with Crippen molar-refractivity contribution in [1.29, 1.82) is 0 Å². The van der Waals surface area contributed by atoms with Gasteiger partial charge in [-0.25, -0.2) is 22.3 Å². The van der Waals surface area contributed by atoms with Crippen LogP contribution in [-0.2, 0) is 21.2 Å². The van der Waals surface area contributed by atoms with Crippen molar-refractivity contribution in [2.45, 2.75) is 24.3 Å². The lowest BCUT2D eigenvalue weighted by atomic mass is 10.2. The van der Waals surface area contributed by atoms with Gasteiger partial charge in [0.1, 0.15) is 11.9 Å². The number of hydrogen-bond donors (Lipinski definition) is 1. The van der Waals surface area contributed by atoms with E-state index in [4.69, 9.17) is 4.74 Å². The van der Waals surface area contributed by atoms with E-state index in [1.807, 2.05) is 6.92 Å². The summed E-state index contributed by atoms with van der Waals surface area (Å²) in [6, 6.07) is 12.1. The normalized spacial score (nSPS) is 17.4. The standard InChI is InChI=1S/C18H19FN2O4S/c1-2-13-3-9-17(10-4-13)26(23,24)20-11-16-12-21(18(22)25-16)15-7-5-14(19)6-8-15/h3-10,16,20H,2,11-12H2,1H3. The lowest BCUT2D eigenvalue weighted by Gasteiger charge is -2.13. The van der Waals surface area contributed by atoms with E-state index in [0.717, 1.165) is 12.0 Å². The van der Waals surface area contributed by atoms with Gasteiger partial charge in [-0.3, -0.25) is 4.90 Å². The first-order valence-corrected chi connectivity index (χ1v) is 9.69.